The topological polar surface area (TPSA) is 0 Å². The zero-order chi connectivity index (χ0) is 7.82. The molecule has 1 unspecified atom stereocenters. The molecule has 0 aromatic carbocycles. The summed E-state index contributed by atoms with van der Waals surface area (Å²) in [6.07, 6.45) is 5.80. The molecule has 0 aromatic rings. The maximum atomic E-state index is 3.98. The summed E-state index contributed by atoms with van der Waals surface area (Å²) in [7, 11) is 1.29. The normalized spacial score (nSPS) is 13.8. The highest BCUT2D eigenvalue weighted by molar-refractivity contribution is 7.03. The summed E-state index contributed by atoms with van der Waals surface area (Å²) in [6, 6.07) is 2.88. The van der Waals surface area contributed by atoms with E-state index >= 15 is 0 Å². The van der Waals surface area contributed by atoms with Crippen molar-refractivity contribution >= 4 is 18.1 Å². The summed E-state index contributed by atoms with van der Waals surface area (Å²) in [5, 5.41) is 0. The molecule has 0 heterocycles. The molecule has 1 atom stereocenters. The first-order valence-electron chi connectivity index (χ1n) is 4.60. The van der Waals surface area contributed by atoms with Crippen LogP contribution >= 0.6 is 0 Å². The van der Waals surface area contributed by atoms with Gasteiger partial charge in [0.05, 0.1) is 0 Å². The molecule has 0 nitrogen and oxygen atoms in total. The third kappa shape index (κ3) is 6.55. The van der Waals surface area contributed by atoms with Gasteiger partial charge in [-0.05, 0) is 9.76 Å². The predicted octanol–water partition coefficient (Wildman–Crippen LogP) is 1.49. The van der Waals surface area contributed by atoms with Crippen LogP contribution in [0, 0.1) is 6.92 Å². The Morgan fingerprint density at radius 1 is 1.30 bits per heavy atom. The van der Waals surface area contributed by atoms with Gasteiger partial charge in [0.15, 0.2) is 0 Å². The Morgan fingerprint density at radius 3 is 2.50 bits per heavy atom. The number of hydrogen-bond donors (Lipinski definition) is 0. The molecular formula is C8H21Si2. The zero-order valence-electron chi connectivity index (χ0n) is 7.53. The van der Waals surface area contributed by atoms with Crippen LogP contribution in [-0.4, -0.2) is 18.1 Å². The minimum Gasteiger partial charge on any atom is -0.0654 e. The average Bonchev–Trinajstić information content (AvgIpc) is 1.98. The molecule has 0 aromatic heterocycles. The molecule has 2 heteroatoms. The van der Waals surface area contributed by atoms with Crippen LogP contribution in [0.15, 0.2) is 0 Å². The van der Waals surface area contributed by atoms with Gasteiger partial charge in [0.25, 0.3) is 0 Å². The van der Waals surface area contributed by atoms with Crippen molar-refractivity contribution in [1.29, 1.82) is 0 Å². The fourth-order valence-corrected chi connectivity index (χ4v) is 3.56. The maximum absolute atomic E-state index is 3.98. The quantitative estimate of drug-likeness (QED) is 0.422. The summed E-state index contributed by atoms with van der Waals surface area (Å²) in [5.74, 6) is 0. The van der Waals surface area contributed by atoms with Crippen LogP contribution in [0.5, 0.6) is 0 Å². The van der Waals surface area contributed by atoms with Crippen LogP contribution in [0.4, 0.5) is 0 Å². The second-order valence-corrected chi connectivity index (χ2v) is 11.5. The van der Waals surface area contributed by atoms with Crippen molar-refractivity contribution < 1.29 is 0 Å². The first-order chi connectivity index (χ1) is 4.81. The molecule has 10 heavy (non-hydrogen) atoms. The van der Waals surface area contributed by atoms with Gasteiger partial charge < -0.3 is 0 Å². The van der Waals surface area contributed by atoms with Crippen LogP contribution < -0.4 is 0 Å². The molecule has 0 aliphatic carbocycles. The van der Waals surface area contributed by atoms with E-state index in [2.05, 4.69) is 13.8 Å². The van der Waals surface area contributed by atoms with Gasteiger partial charge >= 0.3 is 0 Å². The standard InChI is InChI=1S/C8H21Si2/c1-3-5-6-7-8-10(9)4-2/h10H,2-8H2,1,9H3. The van der Waals surface area contributed by atoms with Crippen LogP contribution in [0.1, 0.15) is 32.6 Å². The summed E-state index contributed by atoms with van der Waals surface area (Å²) in [5.41, 5.74) is 0. The Hall–Kier alpha value is 0.434. The SMILES string of the molecule is [CH2]C[SiH]([SiH3])CCCCCC. The van der Waals surface area contributed by atoms with E-state index in [0.29, 0.717) is 0 Å². The largest absolute Gasteiger partial charge is 0.0654 e. The van der Waals surface area contributed by atoms with E-state index in [9.17, 15) is 0 Å². The van der Waals surface area contributed by atoms with Crippen molar-refractivity contribution in [3.8, 4) is 0 Å². The highest BCUT2D eigenvalue weighted by Gasteiger charge is 1.98. The lowest BCUT2D eigenvalue weighted by molar-refractivity contribution is 0.699. The van der Waals surface area contributed by atoms with E-state index in [1.165, 1.54) is 41.5 Å². The molecule has 61 valence electrons. The van der Waals surface area contributed by atoms with Gasteiger partial charge in [0.2, 0.25) is 0 Å². The first-order valence-corrected chi connectivity index (χ1v) is 10.9. The molecule has 0 bridgehead atoms. The molecule has 0 N–H and O–H groups in total. The summed E-state index contributed by atoms with van der Waals surface area (Å²) < 4.78 is 0. The van der Waals surface area contributed by atoms with E-state index in [4.69, 9.17) is 0 Å². The minimum atomic E-state index is -0.196. The monoisotopic (exact) mass is 173 g/mol. The van der Waals surface area contributed by atoms with E-state index in [1.807, 2.05) is 0 Å². The van der Waals surface area contributed by atoms with Gasteiger partial charge in [-0.3, -0.25) is 0 Å². The van der Waals surface area contributed by atoms with Crippen molar-refractivity contribution in [3.05, 3.63) is 6.92 Å². The third-order valence-corrected chi connectivity index (χ3v) is 7.89. The lowest BCUT2D eigenvalue weighted by Crippen LogP contribution is -2.09. The molecular weight excluding hydrogens is 152 g/mol. The van der Waals surface area contributed by atoms with Crippen LogP contribution in [0.3, 0.4) is 0 Å². The Labute approximate surface area is 70.2 Å². The lowest BCUT2D eigenvalue weighted by atomic mass is 10.2. The van der Waals surface area contributed by atoms with Crippen LogP contribution in [-0.2, 0) is 0 Å². The summed E-state index contributed by atoms with van der Waals surface area (Å²) in [4.78, 5) is 0. The molecule has 0 amide bonds. The second-order valence-electron chi connectivity index (χ2n) is 3.24. The number of hydrogen-bond acceptors (Lipinski definition) is 0. The highest BCUT2D eigenvalue weighted by atomic mass is 29.1. The summed E-state index contributed by atoms with van der Waals surface area (Å²) in [6.45, 7) is 6.26. The average molecular weight is 173 g/mol. The van der Waals surface area contributed by atoms with Gasteiger partial charge in [-0.25, -0.2) is 0 Å². The fourth-order valence-electron chi connectivity index (χ4n) is 1.06. The van der Waals surface area contributed by atoms with Crippen molar-refractivity contribution in [2.24, 2.45) is 0 Å². The van der Waals surface area contributed by atoms with Gasteiger partial charge in [-0.15, -0.1) is 0 Å². The molecule has 0 fully saturated rings. The number of rotatable bonds is 6. The molecule has 0 rings (SSSR count). The second kappa shape index (κ2) is 7.54. The van der Waals surface area contributed by atoms with E-state index in [-0.39, 0.29) is 8.31 Å². The predicted molar refractivity (Wildman–Crippen MR) is 56.2 cm³/mol. The van der Waals surface area contributed by atoms with Crippen molar-refractivity contribution in [1.82, 2.24) is 0 Å². The van der Waals surface area contributed by atoms with Crippen LogP contribution in [0.25, 0.3) is 0 Å². The smallest absolute Gasteiger partial charge is 0.0202 e. The molecule has 0 saturated heterocycles. The Bertz CT molecular complexity index is 64.3. The zero-order valence-corrected chi connectivity index (χ0v) is 10.7. The molecule has 1 radical (unpaired) electrons. The van der Waals surface area contributed by atoms with Crippen molar-refractivity contribution in [2.45, 2.75) is 44.7 Å². The van der Waals surface area contributed by atoms with E-state index in [0.717, 1.165) is 0 Å². The lowest BCUT2D eigenvalue weighted by Gasteiger charge is -2.04. The maximum Gasteiger partial charge on any atom is 0.0202 e. The van der Waals surface area contributed by atoms with Gasteiger partial charge in [-0.1, -0.05) is 51.6 Å². The van der Waals surface area contributed by atoms with Gasteiger partial charge in [0.1, 0.15) is 0 Å². The van der Waals surface area contributed by atoms with E-state index < -0.39 is 0 Å². The van der Waals surface area contributed by atoms with Crippen LogP contribution in [0.2, 0.25) is 12.1 Å². The molecule has 0 saturated carbocycles. The Kier molecular flexibility index (Phi) is 7.87. The third-order valence-electron chi connectivity index (χ3n) is 2.04. The van der Waals surface area contributed by atoms with Gasteiger partial charge in [-0.2, -0.15) is 0 Å². The fraction of sp³-hybridized carbons (Fsp3) is 0.875. The Morgan fingerprint density at radius 2 is 2.00 bits per heavy atom. The van der Waals surface area contributed by atoms with Crippen molar-refractivity contribution in [2.75, 3.05) is 0 Å². The van der Waals surface area contributed by atoms with E-state index in [1.54, 1.807) is 6.04 Å². The van der Waals surface area contributed by atoms with Crippen molar-refractivity contribution in [3.63, 3.8) is 0 Å². The highest BCUT2D eigenvalue weighted by Crippen LogP contribution is 2.05. The first kappa shape index (κ1) is 10.4. The molecule has 0 spiro atoms. The molecule has 0 aliphatic heterocycles. The number of unbranched alkanes of at least 4 members (excludes halogenated alkanes) is 3. The van der Waals surface area contributed by atoms with Gasteiger partial charge in [0, 0.05) is 8.31 Å². The Balaban J connectivity index is 2.89. The molecule has 0 aliphatic rings. The minimum absolute atomic E-state index is 0.196. The summed E-state index contributed by atoms with van der Waals surface area (Å²) >= 11 is 0.